The standard InChI is InChI=1S/C33H40N2O6Si/c1-33(2,3)42(5,6)41-28(20-35-32(37)40-22-24-15-11-8-12-16-24)25-19-27(39-21-23-13-9-7-10-14-23)31(38-4)30-29(25)26(36)17-18-34-30/h7-19,28H,20-22H2,1-6H3,(H,34,36)(H,35,37). The zero-order valence-corrected chi connectivity index (χ0v) is 26.2. The molecule has 4 rings (SSSR count). The van der Waals surface area contributed by atoms with Crippen molar-refractivity contribution in [2.24, 2.45) is 0 Å². The zero-order chi connectivity index (χ0) is 30.3. The molecule has 4 aromatic rings. The van der Waals surface area contributed by atoms with Crippen molar-refractivity contribution < 1.29 is 23.4 Å². The van der Waals surface area contributed by atoms with Crippen molar-refractivity contribution in [1.82, 2.24) is 10.3 Å². The lowest BCUT2D eigenvalue weighted by molar-refractivity contribution is 0.128. The van der Waals surface area contributed by atoms with Gasteiger partial charge in [0.25, 0.3) is 0 Å². The second kappa shape index (κ2) is 13.3. The molecular weight excluding hydrogens is 548 g/mol. The molecule has 1 heterocycles. The van der Waals surface area contributed by atoms with Crippen LogP contribution >= 0.6 is 0 Å². The van der Waals surface area contributed by atoms with E-state index in [2.05, 4.69) is 44.2 Å². The maximum absolute atomic E-state index is 13.4. The van der Waals surface area contributed by atoms with Crippen molar-refractivity contribution in [3.63, 3.8) is 0 Å². The summed E-state index contributed by atoms with van der Waals surface area (Å²) in [6.07, 6.45) is 0.349. The number of amides is 1. The molecule has 1 atom stereocenters. The number of carbonyl (C=O) groups is 1. The van der Waals surface area contributed by atoms with Gasteiger partial charge in [-0.1, -0.05) is 81.4 Å². The minimum atomic E-state index is -2.39. The van der Waals surface area contributed by atoms with E-state index in [1.54, 1.807) is 19.4 Å². The Balaban J connectivity index is 1.72. The Hall–Kier alpha value is -4.08. The predicted octanol–water partition coefficient (Wildman–Crippen LogP) is 7.11. The average molecular weight is 589 g/mol. The molecule has 8 nitrogen and oxygen atoms in total. The summed E-state index contributed by atoms with van der Waals surface area (Å²) in [5.41, 5.74) is 2.78. The molecule has 0 radical (unpaired) electrons. The molecule has 0 bridgehead atoms. The molecule has 42 heavy (non-hydrogen) atoms. The summed E-state index contributed by atoms with van der Waals surface area (Å²) in [7, 11) is -0.841. The van der Waals surface area contributed by atoms with E-state index in [0.29, 0.717) is 34.6 Å². The van der Waals surface area contributed by atoms with Gasteiger partial charge in [-0.05, 0) is 40.9 Å². The zero-order valence-electron chi connectivity index (χ0n) is 25.2. The maximum atomic E-state index is 13.4. The van der Waals surface area contributed by atoms with E-state index < -0.39 is 20.5 Å². The van der Waals surface area contributed by atoms with Crippen molar-refractivity contribution in [2.45, 2.75) is 58.2 Å². The van der Waals surface area contributed by atoms with Gasteiger partial charge in [0, 0.05) is 12.3 Å². The predicted molar refractivity (Wildman–Crippen MR) is 168 cm³/mol. The van der Waals surface area contributed by atoms with E-state index in [9.17, 15) is 9.59 Å². The van der Waals surface area contributed by atoms with Gasteiger partial charge in [-0.2, -0.15) is 0 Å². The van der Waals surface area contributed by atoms with E-state index in [1.165, 1.54) is 6.07 Å². The molecule has 1 unspecified atom stereocenters. The van der Waals surface area contributed by atoms with Gasteiger partial charge in [0.05, 0.1) is 30.7 Å². The number of benzene rings is 3. The number of rotatable bonds is 11. The third-order valence-electron chi connectivity index (χ3n) is 7.66. The van der Waals surface area contributed by atoms with Crippen molar-refractivity contribution in [1.29, 1.82) is 0 Å². The smallest absolute Gasteiger partial charge is 0.407 e. The Kier molecular flexibility index (Phi) is 9.75. The van der Waals surface area contributed by atoms with Crippen LogP contribution < -0.4 is 20.2 Å². The van der Waals surface area contributed by atoms with Gasteiger partial charge >= 0.3 is 6.09 Å². The van der Waals surface area contributed by atoms with Crippen molar-refractivity contribution in [3.8, 4) is 11.5 Å². The highest BCUT2D eigenvalue weighted by Crippen LogP contribution is 2.43. The molecule has 0 aliphatic rings. The Labute approximate surface area is 248 Å². The monoisotopic (exact) mass is 588 g/mol. The molecule has 3 aromatic carbocycles. The number of fused-ring (bicyclic) bond motifs is 1. The summed E-state index contributed by atoms with van der Waals surface area (Å²) >= 11 is 0. The first-order valence-corrected chi connectivity index (χ1v) is 16.9. The topological polar surface area (TPSA) is 98.9 Å². The van der Waals surface area contributed by atoms with Crippen molar-refractivity contribution in [3.05, 3.63) is 106 Å². The fourth-order valence-electron chi connectivity index (χ4n) is 4.34. The minimum Gasteiger partial charge on any atom is -0.491 e. The Morgan fingerprint density at radius 1 is 0.952 bits per heavy atom. The van der Waals surface area contributed by atoms with E-state index in [1.807, 2.05) is 60.7 Å². The number of nitrogens with one attached hydrogen (secondary N) is 2. The maximum Gasteiger partial charge on any atom is 0.407 e. The fraction of sp³-hybridized carbons (Fsp3) is 0.333. The summed E-state index contributed by atoms with van der Waals surface area (Å²) in [6.45, 7) is 11.2. The van der Waals surface area contributed by atoms with Gasteiger partial charge in [0.2, 0.25) is 0 Å². The van der Waals surface area contributed by atoms with Crippen LogP contribution in [-0.2, 0) is 22.4 Å². The third kappa shape index (κ3) is 7.40. The number of aromatic nitrogens is 1. The third-order valence-corrected chi connectivity index (χ3v) is 12.1. The van der Waals surface area contributed by atoms with Gasteiger partial charge in [-0.3, -0.25) is 4.79 Å². The van der Waals surface area contributed by atoms with Crippen LogP contribution in [0, 0.1) is 0 Å². The van der Waals surface area contributed by atoms with Gasteiger partial charge in [0.1, 0.15) is 13.2 Å². The summed E-state index contributed by atoms with van der Waals surface area (Å²) in [5, 5.41) is 3.16. The van der Waals surface area contributed by atoms with Crippen molar-refractivity contribution in [2.75, 3.05) is 13.7 Å². The Morgan fingerprint density at radius 2 is 1.57 bits per heavy atom. The lowest BCUT2D eigenvalue weighted by Crippen LogP contribution is -2.44. The molecule has 0 spiro atoms. The first-order chi connectivity index (χ1) is 20.0. The summed E-state index contributed by atoms with van der Waals surface area (Å²) in [4.78, 5) is 29.3. The van der Waals surface area contributed by atoms with E-state index in [-0.39, 0.29) is 23.6 Å². The van der Waals surface area contributed by atoms with Crippen LogP contribution in [0.2, 0.25) is 18.1 Å². The van der Waals surface area contributed by atoms with E-state index in [0.717, 1.165) is 11.1 Å². The molecule has 0 fully saturated rings. The van der Waals surface area contributed by atoms with Gasteiger partial charge in [0.15, 0.2) is 25.2 Å². The summed E-state index contributed by atoms with van der Waals surface area (Å²) in [5.74, 6) is 0.880. The number of methoxy groups -OCH3 is 1. The highest BCUT2D eigenvalue weighted by Gasteiger charge is 2.40. The van der Waals surface area contributed by atoms with E-state index >= 15 is 0 Å². The number of aromatic amines is 1. The SMILES string of the molecule is COc1c(OCc2ccccc2)cc(C(CNC(=O)OCc2ccccc2)O[Si](C)(C)C(C)(C)C)c2c(=O)cc[nH]c12. The van der Waals surface area contributed by atoms with Crippen molar-refractivity contribution >= 4 is 25.3 Å². The molecule has 222 valence electrons. The van der Waals surface area contributed by atoms with Gasteiger partial charge in [-0.25, -0.2) is 4.79 Å². The Bertz CT molecular complexity index is 1550. The largest absolute Gasteiger partial charge is 0.491 e. The Morgan fingerprint density at radius 3 is 2.17 bits per heavy atom. The lowest BCUT2D eigenvalue weighted by atomic mass is 10.0. The number of alkyl carbamates (subject to hydrolysis) is 1. The van der Waals surface area contributed by atoms with Crippen LogP contribution in [0.1, 0.15) is 43.6 Å². The highest BCUT2D eigenvalue weighted by molar-refractivity contribution is 6.74. The number of pyridine rings is 1. The quantitative estimate of drug-likeness (QED) is 0.181. The molecule has 2 N–H and O–H groups in total. The number of hydrogen-bond donors (Lipinski definition) is 2. The fourth-order valence-corrected chi connectivity index (χ4v) is 5.62. The molecular formula is C33H40N2O6Si. The van der Waals surface area contributed by atoms with Crippen LogP contribution in [0.15, 0.2) is 83.8 Å². The summed E-state index contributed by atoms with van der Waals surface area (Å²) < 4.78 is 24.3. The van der Waals surface area contributed by atoms with Gasteiger partial charge in [-0.15, -0.1) is 0 Å². The molecule has 0 saturated heterocycles. The van der Waals surface area contributed by atoms with Crippen LogP contribution in [0.3, 0.4) is 0 Å². The second-order valence-electron chi connectivity index (χ2n) is 11.7. The number of ether oxygens (including phenoxy) is 3. The molecule has 1 aromatic heterocycles. The summed E-state index contributed by atoms with van der Waals surface area (Å²) in [6, 6.07) is 22.5. The molecule has 1 amide bonds. The minimum absolute atomic E-state index is 0.0913. The number of hydrogen-bond acceptors (Lipinski definition) is 6. The van der Waals surface area contributed by atoms with Crippen LogP contribution in [0.4, 0.5) is 4.79 Å². The van der Waals surface area contributed by atoms with Crippen LogP contribution in [0.25, 0.3) is 10.9 Å². The first kappa shape index (κ1) is 30.9. The number of H-pyrrole nitrogens is 1. The molecule has 0 saturated carbocycles. The first-order valence-electron chi connectivity index (χ1n) is 14.0. The average Bonchev–Trinajstić information content (AvgIpc) is 2.97. The molecule has 0 aliphatic carbocycles. The van der Waals surface area contributed by atoms with E-state index in [4.69, 9.17) is 18.6 Å². The van der Waals surface area contributed by atoms with Crippen LogP contribution in [0.5, 0.6) is 11.5 Å². The normalized spacial score (nSPS) is 12.5. The lowest BCUT2D eigenvalue weighted by Gasteiger charge is -2.39. The second-order valence-corrected chi connectivity index (χ2v) is 16.4. The highest BCUT2D eigenvalue weighted by atomic mass is 28.4. The van der Waals surface area contributed by atoms with Gasteiger partial charge < -0.3 is 28.9 Å². The molecule has 9 heteroatoms. The number of carbonyl (C=O) groups excluding carboxylic acids is 1. The molecule has 0 aliphatic heterocycles. The van der Waals surface area contributed by atoms with Crippen LogP contribution in [-0.4, -0.2) is 33.0 Å².